The molecule has 0 aliphatic carbocycles. The van der Waals surface area contributed by atoms with Crippen LogP contribution in [0.15, 0.2) is 0 Å². The summed E-state index contributed by atoms with van der Waals surface area (Å²) < 4.78 is 12.0. The Kier molecular flexibility index (Phi) is 5.11. The van der Waals surface area contributed by atoms with Gasteiger partial charge in [0.05, 0.1) is 24.0 Å². The molecule has 102 valence electrons. The molecule has 7 heteroatoms. The quantitative estimate of drug-likeness (QED) is 0.473. The first-order valence-electron chi connectivity index (χ1n) is 5.64. The second-order valence-corrected chi connectivity index (χ2v) is 4.04. The van der Waals surface area contributed by atoms with Crippen molar-refractivity contribution in [1.29, 1.82) is 5.41 Å². The molecule has 0 aromatic carbocycles. The molecule has 1 atom stereocenters. The number of methoxy groups -OCH3 is 2. The lowest BCUT2D eigenvalue weighted by Gasteiger charge is -2.16. The molecule has 1 rings (SSSR count). The number of nitrogens with zero attached hydrogens (tertiary/aromatic N) is 2. The van der Waals surface area contributed by atoms with Gasteiger partial charge in [0.15, 0.2) is 0 Å². The number of aromatic nitrogens is 2. The summed E-state index contributed by atoms with van der Waals surface area (Å²) in [6.07, 6.45) is -0.0648. The van der Waals surface area contributed by atoms with Crippen molar-refractivity contribution < 1.29 is 9.47 Å². The van der Waals surface area contributed by atoms with Crippen molar-refractivity contribution in [3.05, 3.63) is 11.3 Å². The van der Waals surface area contributed by atoms with Gasteiger partial charge < -0.3 is 20.5 Å². The summed E-state index contributed by atoms with van der Waals surface area (Å²) in [7, 11) is 5.06. The van der Waals surface area contributed by atoms with Gasteiger partial charge in [0.2, 0.25) is 0 Å². The van der Waals surface area contributed by atoms with Crippen LogP contribution in [0.2, 0.25) is 0 Å². The van der Waals surface area contributed by atoms with E-state index in [0.29, 0.717) is 18.7 Å². The summed E-state index contributed by atoms with van der Waals surface area (Å²) in [5, 5.41) is 15.0. The molecule has 0 saturated heterocycles. The van der Waals surface area contributed by atoms with Crippen LogP contribution in [0.5, 0.6) is 0 Å². The summed E-state index contributed by atoms with van der Waals surface area (Å²) in [6, 6.07) is 0. The maximum Gasteiger partial charge on any atom is 0.135 e. The van der Waals surface area contributed by atoms with Crippen LogP contribution in [0.25, 0.3) is 0 Å². The molecule has 0 aliphatic rings. The van der Waals surface area contributed by atoms with Crippen LogP contribution >= 0.6 is 0 Å². The number of ether oxygens (including phenoxy) is 2. The molecule has 4 N–H and O–H groups in total. The smallest absolute Gasteiger partial charge is 0.135 e. The van der Waals surface area contributed by atoms with E-state index < -0.39 is 0 Å². The van der Waals surface area contributed by atoms with Gasteiger partial charge in [0, 0.05) is 27.8 Å². The molecule has 1 aromatic heterocycles. The number of aryl methyl sites for hydroxylation is 2. The van der Waals surface area contributed by atoms with Crippen LogP contribution in [0.4, 0.5) is 5.82 Å². The fourth-order valence-electron chi connectivity index (χ4n) is 1.79. The molecule has 1 aromatic rings. The van der Waals surface area contributed by atoms with Crippen molar-refractivity contribution >= 4 is 11.7 Å². The molecule has 1 unspecified atom stereocenters. The number of nitrogen functional groups attached to an aromatic ring is 1. The zero-order valence-electron chi connectivity index (χ0n) is 11.3. The second kappa shape index (κ2) is 6.36. The Morgan fingerprint density at radius 3 is 2.72 bits per heavy atom. The van der Waals surface area contributed by atoms with E-state index in [4.69, 9.17) is 20.6 Å². The van der Waals surface area contributed by atoms with E-state index in [1.165, 1.54) is 0 Å². The van der Waals surface area contributed by atoms with Gasteiger partial charge in [0.25, 0.3) is 0 Å². The Labute approximate surface area is 107 Å². The fourth-order valence-corrected chi connectivity index (χ4v) is 1.79. The maximum absolute atomic E-state index is 7.57. The Morgan fingerprint density at radius 1 is 1.56 bits per heavy atom. The molecular formula is C11H21N5O2. The van der Waals surface area contributed by atoms with Crippen LogP contribution < -0.4 is 11.1 Å². The summed E-state index contributed by atoms with van der Waals surface area (Å²) in [4.78, 5) is 0. The predicted octanol–water partition coefficient (Wildman–Crippen LogP) is 0.0859. The number of rotatable bonds is 7. The monoisotopic (exact) mass is 255 g/mol. The lowest BCUT2D eigenvalue weighted by molar-refractivity contribution is 0.0365. The lowest BCUT2D eigenvalue weighted by Crippen LogP contribution is -2.28. The van der Waals surface area contributed by atoms with Crippen LogP contribution in [0, 0.1) is 12.3 Å². The Bertz CT molecular complexity index is 416. The molecule has 0 fully saturated rings. The summed E-state index contributed by atoms with van der Waals surface area (Å²) in [5.41, 5.74) is 6.92. The molecule has 0 spiro atoms. The van der Waals surface area contributed by atoms with Crippen LogP contribution in [-0.2, 0) is 16.5 Å². The van der Waals surface area contributed by atoms with Crippen molar-refractivity contribution in [2.75, 3.05) is 32.7 Å². The van der Waals surface area contributed by atoms with Gasteiger partial charge in [-0.2, -0.15) is 5.10 Å². The first kappa shape index (κ1) is 14.5. The third-order valence-electron chi connectivity index (χ3n) is 2.67. The highest BCUT2D eigenvalue weighted by molar-refractivity contribution is 6.00. The van der Waals surface area contributed by atoms with Crippen molar-refractivity contribution in [2.45, 2.75) is 13.0 Å². The van der Waals surface area contributed by atoms with Gasteiger partial charge in [-0.15, -0.1) is 0 Å². The standard InChI is InChI=1S/C11H21N5O2/c1-7-9(10(12)13)11(16(2)15-7)14-5-8(18-4)6-17-3/h8,14H,5-6H2,1-4H3,(H3,12,13). The molecule has 0 aliphatic heterocycles. The normalized spacial score (nSPS) is 12.4. The minimum atomic E-state index is -0.0648. The molecule has 0 saturated carbocycles. The Hall–Kier alpha value is -1.60. The molecule has 0 bridgehead atoms. The maximum atomic E-state index is 7.57. The van der Waals surface area contributed by atoms with Gasteiger partial charge in [-0.3, -0.25) is 10.1 Å². The largest absolute Gasteiger partial charge is 0.384 e. The molecule has 1 heterocycles. The highest BCUT2D eigenvalue weighted by Gasteiger charge is 2.16. The third-order valence-corrected chi connectivity index (χ3v) is 2.67. The highest BCUT2D eigenvalue weighted by Crippen LogP contribution is 2.17. The van der Waals surface area contributed by atoms with Crippen LogP contribution in [0.1, 0.15) is 11.3 Å². The first-order chi connectivity index (χ1) is 8.51. The van der Waals surface area contributed by atoms with Crippen LogP contribution in [0.3, 0.4) is 0 Å². The zero-order chi connectivity index (χ0) is 13.7. The minimum Gasteiger partial charge on any atom is -0.384 e. The summed E-state index contributed by atoms with van der Waals surface area (Å²) in [6.45, 7) is 2.88. The lowest BCUT2D eigenvalue weighted by atomic mass is 10.2. The van der Waals surface area contributed by atoms with Gasteiger partial charge in [-0.1, -0.05) is 0 Å². The minimum absolute atomic E-state index is 0.00353. The van der Waals surface area contributed by atoms with Gasteiger partial charge in [0.1, 0.15) is 11.7 Å². The van der Waals surface area contributed by atoms with Crippen LogP contribution in [-0.4, -0.2) is 49.1 Å². The van der Waals surface area contributed by atoms with E-state index in [2.05, 4.69) is 10.4 Å². The molecular weight excluding hydrogens is 234 g/mol. The number of hydrogen-bond donors (Lipinski definition) is 3. The van der Waals surface area contributed by atoms with E-state index in [-0.39, 0.29) is 11.9 Å². The SMILES string of the molecule is COCC(CNc1c(C(=N)N)c(C)nn1C)OC. The molecule has 7 nitrogen and oxygen atoms in total. The summed E-state index contributed by atoms with van der Waals surface area (Å²) in [5.74, 6) is 0.724. The molecule has 0 radical (unpaired) electrons. The number of nitrogens with one attached hydrogen (secondary N) is 2. The number of anilines is 1. The van der Waals surface area contributed by atoms with Crippen molar-refractivity contribution in [1.82, 2.24) is 9.78 Å². The predicted molar refractivity (Wildman–Crippen MR) is 70.1 cm³/mol. The Balaban J connectivity index is 2.81. The number of amidine groups is 1. The highest BCUT2D eigenvalue weighted by atomic mass is 16.5. The fraction of sp³-hybridized carbons (Fsp3) is 0.636. The van der Waals surface area contributed by atoms with E-state index >= 15 is 0 Å². The van der Waals surface area contributed by atoms with Crippen molar-refractivity contribution in [2.24, 2.45) is 12.8 Å². The second-order valence-electron chi connectivity index (χ2n) is 4.04. The van der Waals surface area contributed by atoms with Gasteiger partial charge in [-0.25, -0.2) is 0 Å². The Morgan fingerprint density at radius 2 is 2.22 bits per heavy atom. The van der Waals surface area contributed by atoms with Crippen molar-refractivity contribution in [3.63, 3.8) is 0 Å². The van der Waals surface area contributed by atoms with E-state index in [1.807, 2.05) is 6.92 Å². The van der Waals surface area contributed by atoms with Gasteiger partial charge >= 0.3 is 0 Å². The van der Waals surface area contributed by atoms with Gasteiger partial charge in [-0.05, 0) is 6.92 Å². The number of hydrogen-bond acceptors (Lipinski definition) is 5. The van der Waals surface area contributed by atoms with Crippen molar-refractivity contribution in [3.8, 4) is 0 Å². The first-order valence-corrected chi connectivity index (χ1v) is 5.64. The number of nitrogens with two attached hydrogens (primary N) is 1. The van der Waals surface area contributed by atoms with E-state index in [1.54, 1.807) is 25.9 Å². The van der Waals surface area contributed by atoms with E-state index in [9.17, 15) is 0 Å². The average molecular weight is 255 g/mol. The third kappa shape index (κ3) is 3.21. The average Bonchev–Trinajstić information content (AvgIpc) is 2.59. The van der Waals surface area contributed by atoms with E-state index in [0.717, 1.165) is 11.5 Å². The summed E-state index contributed by atoms with van der Waals surface area (Å²) >= 11 is 0. The molecule has 18 heavy (non-hydrogen) atoms. The zero-order valence-corrected chi connectivity index (χ0v) is 11.3. The molecule has 0 amide bonds. The topological polar surface area (TPSA) is 98.2 Å².